The second kappa shape index (κ2) is 5.87. The van der Waals surface area contributed by atoms with Crippen LogP contribution in [0.4, 0.5) is 5.82 Å². The van der Waals surface area contributed by atoms with Gasteiger partial charge < -0.3 is 10.2 Å². The Labute approximate surface area is 116 Å². The molecule has 1 aliphatic rings. The summed E-state index contributed by atoms with van der Waals surface area (Å²) < 4.78 is 0. The highest BCUT2D eigenvalue weighted by Crippen LogP contribution is 2.22. The highest BCUT2D eigenvalue weighted by Gasteiger charge is 2.19. The van der Waals surface area contributed by atoms with Gasteiger partial charge in [0.15, 0.2) is 5.82 Å². The molecule has 0 radical (unpaired) electrons. The molecule has 2 heterocycles. The van der Waals surface area contributed by atoms with Crippen LogP contribution in [0.2, 0.25) is 0 Å². The van der Waals surface area contributed by atoms with Crippen LogP contribution in [0.5, 0.6) is 0 Å². The minimum atomic E-state index is 0.113. The van der Waals surface area contributed by atoms with E-state index in [1.807, 2.05) is 0 Å². The lowest BCUT2D eigenvalue weighted by molar-refractivity contribution is 0.420. The summed E-state index contributed by atoms with van der Waals surface area (Å²) in [5.41, 5.74) is 1.12. The van der Waals surface area contributed by atoms with E-state index in [0.717, 1.165) is 24.6 Å². The molecule has 1 N–H and O–H groups in total. The third-order valence-corrected chi connectivity index (χ3v) is 3.60. The number of piperidine rings is 1. The molecule has 106 valence electrons. The zero-order valence-corrected chi connectivity index (χ0v) is 12.6. The van der Waals surface area contributed by atoms with Gasteiger partial charge in [-0.1, -0.05) is 0 Å². The summed E-state index contributed by atoms with van der Waals surface area (Å²) in [6, 6.07) is 4.78. The van der Waals surface area contributed by atoms with E-state index in [2.05, 4.69) is 60.2 Å². The van der Waals surface area contributed by atoms with E-state index in [9.17, 15) is 0 Å². The van der Waals surface area contributed by atoms with Gasteiger partial charge in [-0.15, -0.1) is 5.10 Å². The second-order valence-corrected chi connectivity index (χ2v) is 6.52. The normalized spacial score (nSPS) is 20.6. The van der Waals surface area contributed by atoms with Gasteiger partial charge in [0.2, 0.25) is 0 Å². The Morgan fingerprint density at radius 1 is 1.26 bits per heavy atom. The number of hydrogen-bond acceptors (Lipinski definition) is 4. The van der Waals surface area contributed by atoms with Gasteiger partial charge in [0.25, 0.3) is 0 Å². The molecule has 0 saturated carbocycles. The van der Waals surface area contributed by atoms with E-state index >= 15 is 0 Å². The number of nitrogens with zero attached hydrogens (tertiary/aromatic N) is 3. The average Bonchev–Trinajstić information content (AvgIpc) is 2.37. The molecule has 1 aromatic heterocycles. The van der Waals surface area contributed by atoms with E-state index < -0.39 is 0 Å². The van der Waals surface area contributed by atoms with Gasteiger partial charge in [0, 0.05) is 24.7 Å². The maximum absolute atomic E-state index is 4.39. The predicted molar refractivity (Wildman–Crippen MR) is 79.3 cm³/mol. The first kappa shape index (κ1) is 14.3. The van der Waals surface area contributed by atoms with Crippen LogP contribution in [0.1, 0.15) is 52.7 Å². The average molecular weight is 262 g/mol. The third-order valence-electron chi connectivity index (χ3n) is 3.60. The first-order valence-electron chi connectivity index (χ1n) is 7.30. The van der Waals surface area contributed by atoms with Gasteiger partial charge in [-0.25, -0.2) is 0 Å². The smallest absolute Gasteiger partial charge is 0.151 e. The van der Waals surface area contributed by atoms with Crippen molar-refractivity contribution in [1.29, 1.82) is 0 Å². The van der Waals surface area contributed by atoms with Crippen LogP contribution in [-0.4, -0.2) is 28.3 Å². The summed E-state index contributed by atoms with van der Waals surface area (Å²) in [5.74, 6) is 1.02. The minimum Gasteiger partial charge on any atom is -0.352 e. The molecular weight excluding hydrogens is 236 g/mol. The van der Waals surface area contributed by atoms with Gasteiger partial charge in [-0.05, 0) is 59.1 Å². The molecule has 1 fully saturated rings. The van der Waals surface area contributed by atoms with E-state index in [1.165, 1.54) is 19.3 Å². The van der Waals surface area contributed by atoms with Crippen molar-refractivity contribution >= 4 is 5.82 Å². The Morgan fingerprint density at radius 3 is 2.63 bits per heavy atom. The molecule has 1 aliphatic heterocycles. The number of nitrogens with one attached hydrogen (secondary N) is 1. The Hall–Kier alpha value is -1.16. The van der Waals surface area contributed by atoms with Gasteiger partial charge in [0.05, 0.1) is 5.69 Å². The third kappa shape index (κ3) is 4.16. The molecule has 0 amide bonds. The van der Waals surface area contributed by atoms with Crippen molar-refractivity contribution in [2.24, 2.45) is 0 Å². The molecule has 4 heteroatoms. The summed E-state index contributed by atoms with van der Waals surface area (Å²) in [4.78, 5) is 2.37. The van der Waals surface area contributed by atoms with E-state index in [1.54, 1.807) is 0 Å². The number of rotatable bonds is 3. The summed E-state index contributed by atoms with van der Waals surface area (Å²) in [5, 5.41) is 12.2. The van der Waals surface area contributed by atoms with E-state index in [4.69, 9.17) is 0 Å². The Bertz CT molecular complexity index is 394. The Balaban J connectivity index is 1.98. The molecule has 1 unspecified atom stereocenters. The summed E-state index contributed by atoms with van der Waals surface area (Å²) in [7, 11) is 0. The minimum absolute atomic E-state index is 0.113. The van der Waals surface area contributed by atoms with Crippen molar-refractivity contribution in [2.75, 3.05) is 11.4 Å². The van der Waals surface area contributed by atoms with Crippen LogP contribution >= 0.6 is 0 Å². The molecule has 0 spiro atoms. The zero-order chi connectivity index (χ0) is 13.9. The standard InChI is InChI=1S/C15H26N4/c1-12-7-5-6-10-19(12)14-9-8-13(17-18-14)11-16-15(2,3)4/h8-9,12,16H,5-7,10-11H2,1-4H3. The summed E-state index contributed by atoms with van der Waals surface area (Å²) >= 11 is 0. The molecule has 19 heavy (non-hydrogen) atoms. The molecule has 0 aromatic carbocycles. The maximum atomic E-state index is 4.39. The largest absolute Gasteiger partial charge is 0.352 e. The Kier molecular flexibility index (Phi) is 4.40. The van der Waals surface area contributed by atoms with Crippen LogP contribution < -0.4 is 10.2 Å². The SMILES string of the molecule is CC1CCCCN1c1ccc(CNC(C)(C)C)nn1. The molecule has 1 atom stereocenters. The summed E-state index contributed by atoms with van der Waals surface area (Å²) in [6.45, 7) is 10.6. The second-order valence-electron chi connectivity index (χ2n) is 6.52. The monoisotopic (exact) mass is 262 g/mol. The fraction of sp³-hybridized carbons (Fsp3) is 0.733. The van der Waals surface area contributed by atoms with Crippen LogP contribution in [0, 0.1) is 0 Å². The number of aromatic nitrogens is 2. The van der Waals surface area contributed by atoms with Gasteiger partial charge in [-0.2, -0.15) is 5.10 Å². The predicted octanol–water partition coefficient (Wildman–Crippen LogP) is 2.74. The van der Waals surface area contributed by atoms with Crippen molar-refractivity contribution in [3.63, 3.8) is 0 Å². The van der Waals surface area contributed by atoms with Crippen molar-refractivity contribution in [3.05, 3.63) is 17.8 Å². The van der Waals surface area contributed by atoms with Crippen molar-refractivity contribution in [1.82, 2.24) is 15.5 Å². The molecule has 1 saturated heterocycles. The van der Waals surface area contributed by atoms with Crippen LogP contribution in [0.3, 0.4) is 0 Å². The topological polar surface area (TPSA) is 41.0 Å². The van der Waals surface area contributed by atoms with Crippen molar-refractivity contribution in [2.45, 2.75) is 65.1 Å². The van der Waals surface area contributed by atoms with E-state index in [-0.39, 0.29) is 5.54 Å². The first-order valence-corrected chi connectivity index (χ1v) is 7.30. The van der Waals surface area contributed by atoms with Gasteiger partial charge in [-0.3, -0.25) is 0 Å². The molecule has 2 rings (SSSR count). The molecule has 1 aromatic rings. The molecular formula is C15H26N4. The fourth-order valence-electron chi connectivity index (χ4n) is 2.39. The van der Waals surface area contributed by atoms with Gasteiger partial charge in [0.1, 0.15) is 0 Å². The lowest BCUT2D eigenvalue weighted by Gasteiger charge is -2.34. The highest BCUT2D eigenvalue weighted by molar-refractivity contribution is 5.39. The summed E-state index contributed by atoms with van der Waals surface area (Å²) in [6.07, 6.45) is 3.85. The first-order chi connectivity index (χ1) is 8.96. The highest BCUT2D eigenvalue weighted by atomic mass is 15.3. The van der Waals surface area contributed by atoms with E-state index in [0.29, 0.717) is 6.04 Å². The van der Waals surface area contributed by atoms with Gasteiger partial charge >= 0.3 is 0 Å². The van der Waals surface area contributed by atoms with Crippen LogP contribution in [0.25, 0.3) is 0 Å². The fourth-order valence-corrected chi connectivity index (χ4v) is 2.39. The lowest BCUT2D eigenvalue weighted by Crippen LogP contribution is -2.38. The van der Waals surface area contributed by atoms with Crippen molar-refractivity contribution < 1.29 is 0 Å². The maximum Gasteiger partial charge on any atom is 0.151 e. The number of anilines is 1. The lowest BCUT2D eigenvalue weighted by atomic mass is 10.0. The molecule has 0 bridgehead atoms. The molecule has 0 aliphatic carbocycles. The molecule has 4 nitrogen and oxygen atoms in total. The zero-order valence-electron chi connectivity index (χ0n) is 12.6. The quantitative estimate of drug-likeness (QED) is 0.909. The Morgan fingerprint density at radius 2 is 2.05 bits per heavy atom. The van der Waals surface area contributed by atoms with Crippen molar-refractivity contribution in [3.8, 4) is 0 Å². The number of hydrogen-bond donors (Lipinski definition) is 1. The van der Waals surface area contributed by atoms with Crippen LogP contribution in [0.15, 0.2) is 12.1 Å². The van der Waals surface area contributed by atoms with Crippen LogP contribution in [-0.2, 0) is 6.54 Å².